The van der Waals surface area contributed by atoms with E-state index in [1.54, 1.807) is 43.5 Å². The van der Waals surface area contributed by atoms with Gasteiger partial charge >= 0.3 is 0 Å². The van der Waals surface area contributed by atoms with Crippen molar-refractivity contribution in [3.05, 3.63) is 60.2 Å². The second-order valence-corrected chi connectivity index (χ2v) is 9.78. The third-order valence-electron chi connectivity index (χ3n) is 5.49. The van der Waals surface area contributed by atoms with E-state index in [9.17, 15) is 13.2 Å². The van der Waals surface area contributed by atoms with Crippen LogP contribution >= 0.6 is 12.4 Å². The van der Waals surface area contributed by atoms with Crippen LogP contribution < -0.4 is 11.1 Å². The highest BCUT2D eigenvalue weighted by molar-refractivity contribution is 7.89. The van der Waals surface area contributed by atoms with Gasteiger partial charge in [-0.15, -0.1) is 12.4 Å². The van der Waals surface area contributed by atoms with Gasteiger partial charge in [0, 0.05) is 37.9 Å². The van der Waals surface area contributed by atoms with Crippen LogP contribution in [-0.4, -0.2) is 71.7 Å². The van der Waals surface area contributed by atoms with Gasteiger partial charge in [-0.2, -0.15) is 4.31 Å². The maximum Gasteiger partial charge on any atom is 0.278 e. The molecular formula is C22H26ClN7O3S. The monoisotopic (exact) mass is 503 g/mol. The minimum atomic E-state index is -3.60. The Labute approximate surface area is 204 Å². The summed E-state index contributed by atoms with van der Waals surface area (Å²) in [6, 6.07) is 8.36. The molecule has 2 aromatic heterocycles. The van der Waals surface area contributed by atoms with Crippen molar-refractivity contribution in [1.29, 1.82) is 0 Å². The van der Waals surface area contributed by atoms with Crippen LogP contribution in [0.5, 0.6) is 0 Å². The number of hydrogen-bond acceptors (Lipinski definition) is 8. The molecule has 0 bridgehead atoms. The number of halogens is 1. The first-order valence-corrected chi connectivity index (χ1v) is 11.8. The van der Waals surface area contributed by atoms with Gasteiger partial charge < -0.3 is 16.0 Å². The molecule has 3 N–H and O–H groups in total. The summed E-state index contributed by atoms with van der Waals surface area (Å²) in [5, 5.41) is 2.69. The number of amides is 1. The number of rotatable bonds is 5. The quantitative estimate of drug-likeness (QED) is 0.540. The molecule has 180 valence electrons. The fraction of sp³-hybridized carbons (Fsp3) is 0.273. The van der Waals surface area contributed by atoms with E-state index in [1.165, 1.54) is 16.7 Å². The van der Waals surface area contributed by atoms with E-state index in [1.807, 2.05) is 7.05 Å². The van der Waals surface area contributed by atoms with E-state index < -0.39 is 15.9 Å². The fourth-order valence-corrected chi connectivity index (χ4v) is 5.23. The summed E-state index contributed by atoms with van der Waals surface area (Å²) < 4.78 is 27.8. The number of sulfonamides is 1. The van der Waals surface area contributed by atoms with Gasteiger partial charge in [-0.25, -0.2) is 18.4 Å². The summed E-state index contributed by atoms with van der Waals surface area (Å²) in [5.74, 6) is -0.521. The number of nitrogens with zero attached hydrogens (tertiary/aromatic N) is 5. The Kier molecular flexibility index (Phi) is 7.82. The molecule has 1 saturated heterocycles. The number of nitrogen functional groups attached to an aromatic ring is 1. The van der Waals surface area contributed by atoms with Gasteiger partial charge in [0.1, 0.15) is 0 Å². The van der Waals surface area contributed by atoms with E-state index in [0.29, 0.717) is 48.7 Å². The molecular weight excluding hydrogens is 478 g/mol. The highest BCUT2D eigenvalue weighted by atomic mass is 35.5. The number of anilines is 2. The van der Waals surface area contributed by atoms with Crippen LogP contribution in [0, 0.1) is 6.92 Å². The molecule has 3 aromatic rings. The smallest absolute Gasteiger partial charge is 0.278 e. The van der Waals surface area contributed by atoms with E-state index in [4.69, 9.17) is 5.73 Å². The van der Waals surface area contributed by atoms with Crippen molar-refractivity contribution in [3.63, 3.8) is 0 Å². The number of aryl methyl sites for hydroxylation is 1. The number of likely N-dealkylation sites (N-methyl/N-ethyl adjacent to an activating group) is 1. The molecule has 4 rings (SSSR count). The second-order valence-electron chi connectivity index (χ2n) is 7.87. The van der Waals surface area contributed by atoms with Gasteiger partial charge in [0.2, 0.25) is 10.0 Å². The van der Waals surface area contributed by atoms with E-state index in [0.717, 1.165) is 0 Å². The Morgan fingerprint density at radius 2 is 1.85 bits per heavy atom. The van der Waals surface area contributed by atoms with Crippen LogP contribution in [0.2, 0.25) is 0 Å². The van der Waals surface area contributed by atoms with E-state index >= 15 is 0 Å². The van der Waals surface area contributed by atoms with Crippen molar-refractivity contribution in [2.75, 3.05) is 44.3 Å². The van der Waals surface area contributed by atoms with Crippen LogP contribution in [0.3, 0.4) is 0 Å². The van der Waals surface area contributed by atoms with Crippen LogP contribution in [0.4, 0.5) is 11.5 Å². The van der Waals surface area contributed by atoms with Gasteiger partial charge in [-0.3, -0.25) is 9.78 Å². The number of nitrogens with one attached hydrogen (secondary N) is 1. The highest BCUT2D eigenvalue weighted by Gasteiger charge is 2.29. The maximum atomic E-state index is 13.1. The lowest BCUT2D eigenvalue weighted by atomic mass is 10.1. The summed E-state index contributed by atoms with van der Waals surface area (Å²) in [6.45, 7) is 4.05. The zero-order chi connectivity index (χ0) is 23.6. The Morgan fingerprint density at radius 3 is 2.50 bits per heavy atom. The number of piperazine rings is 1. The molecule has 1 aliphatic rings. The van der Waals surface area contributed by atoms with Crippen LogP contribution in [0.1, 0.15) is 16.1 Å². The zero-order valence-corrected chi connectivity index (χ0v) is 20.4. The average molecular weight is 504 g/mol. The number of hydrogen-bond donors (Lipinski definition) is 2. The third-order valence-corrected chi connectivity index (χ3v) is 7.54. The predicted molar refractivity (Wildman–Crippen MR) is 132 cm³/mol. The van der Waals surface area contributed by atoms with Crippen molar-refractivity contribution in [2.45, 2.75) is 11.8 Å². The Bertz CT molecular complexity index is 1280. The number of aromatic nitrogens is 3. The summed E-state index contributed by atoms with van der Waals surface area (Å²) in [5.41, 5.74) is 8.00. The van der Waals surface area contributed by atoms with Crippen LogP contribution in [0.25, 0.3) is 11.3 Å². The minimum absolute atomic E-state index is 0. The molecule has 10 nitrogen and oxygen atoms in total. The molecule has 0 unspecified atom stereocenters. The number of carbonyl (C=O) groups excluding carboxylic acids is 1. The molecule has 1 aliphatic heterocycles. The minimum Gasteiger partial charge on any atom is -0.382 e. The van der Waals surface area contributed by atoms with Crippen molar-refractivity contribution in [2.24, 2.45) is 0 Å². The zero-order valence-electron chi connectivity index (χ0n) is 18.8. The lowest BCUT2D eigenvalue weighted by molar-refractivity contribution is 0.102. The molecule has 0 atom stereocenters. The largest absolute Gasteiger partial charge is 0.382 e. The predicted octanol–water partition coefficient (Wildman–Crippen LogP) is 2.04. The normalized spacial score (nSPS) is 14.9. The second kappa shape index (κ2) is 10.4. The van der Waals surface area contributed by atoms with Gasteiger partial charge in [-0.1, -0.05) is 6.07 Å². The average Bonchev–Trinajstić information content (AvgIpc) is 2.80. The van der Waals surface area contributed by atoms with E-state index in [2.05, 4.69) is 25.2 Å². The number of pyridine rings is 1. The molecule has 0 saturated carbocycles. The summed E-state index contributed by atoms with van der Waals surface area (Å²) in [6.07, 6.45) is 4.56. The lowest BCUT2D eigenvalue weighted by Gasteiger charge is -2.31. The highest BCUT2D eigenvalue weighted by Crippen LogP contribution is 2.27. The number of nitrogens with two attached hydrogens (primary N) is 1. The maximum absolute atomic E-state index is 13.1. The van der Waals surface area contributed by atoms with Crippen molar-refractivity contribution >= 4 is 39.8 Å². The Balaban J connectivity index is 0.00000324. The van der Waals surface area contributed by atoms with Gasteiger partial charge in [0.05, 0.1) is 28.7 Å². The molecule has 1 amide bonds. The number of carbonyl (C=O) groups is 1. The lowest BCUT2D eigenvalue weighted by Crippen LogP contribution is -2.47. The molecule has 3 heterocycles. The molecule has 1 aromatic carbocycles. The summed E-state index contributed by atoms with van der Waals surface area (Å²) >= 11 is 0. The third kappa shape index (κ3) is 5.33. The van der Waals surface area contributed by atoms with Crippen LogP contribution in [-0.2, 0) is 10.0 Å². The van der Waals surface area contributed by atoms with Crippen molar-refractivity contribution < 1.29 is 13.2 Å². The summed E-state index contributed by atoms with van der Waals surface area (Å²) in [4.78, 5) is 27.5. The molecule has 34 heavy (non-hydrogen) atoms. The van der Waals surface area contributed by atoms with E-state index in [-0.39, 0.29) is 28.8 Å². The summed E-state index contributed by atoms with van der Waals surface area (Å²) in [7, 11) is -1.62. The first kappa shape index (κ1) is 25.5. The molecule has 0 aliphatic carbocycles. The topological polar surface area (TPSA) is 134 Å². The Hall–Kier alpha value is -3.12. The molecule has 0 radical (unpaired) electrons. The SMILES string of the molecule is Cc1cc(-c2cnc(N)c(C(=O)Nc3cccnc3)n2)ccc1S(=O)(=O)N1CCN(C)CC1.Cl. The molecule has 1 fully saturated rings. The van der Waals surface area contributed by atoms with Crippen molar-refractivity contribution in [1.82, 2.24) is 24.2 Å². The first-order valence-electron chi connectivity index (χ1n) is 10.4. The van der Waals surface area contributed by atoms with Gasteiger partial charge in [0.25, 0.3) is 5.91 Å². The van der Waals surface area contributed by atoms with Gasteiger partial charge in [-0.05, 0) is 43.8 Å². The molecule has 12 heteroatoms. The van der Waals surface area contributed by atoms with Crippen LogP contribution in [0.15, 0.2) is 53.8 Å². The Morgan fingerprint density at radius 1 is 1.12 bits per heavy atom. The molecule has 0 spiro atoms. The van der Waals surface area contributed by atoms with Crippen molar-refractivity contribution in [3.8, 4) is 11.3 Å². The number of benzene rings is 1. The fourth-order valence-electron chi connectivity index (χ4n) is 3.60. The first-order chi connectivity index (χ1) is 15.8. The van der Waals surface area contributed by atoms with Gasteiger partial charge in [0.15, 0.2) is 11.5 Å². The standard InChI is InChI=1S/C22H25N7O3S.ClH/c1-15-12-16(5-6-19(15)33(31,32)29-10-8-28(2)9-11-29)18-14-25-21(23)20(27-18)22(30)26-17-4-3-7-24-13-17;/h3-7,12-14H,8-11H2,1-2H3,(H2,23,25)(H,26,30);1H.